The van der Waals surface area contributed by atoms with Gasteiger partial charge in [0.25, 0.3) is 0 Å². The predicted molar refractivity (Wildman–Crippen MR) is 88.7 cm³/mol. The van der Waals surface area contributed by atoms with Crippen molar-refractivity contribution in [2.45, 2.75) is 26.2 Å². The van der Waals surface area contributed by atoms with Crippen molar-refractivity contribution in [3.05, 3.63) is 47.3 Å². The molecule has 4 nitrogen and oxygen atoms in total. The SMILES string of the molecule is CN(C)C=C(C#N)C(=O)c1cc2ccc(C(C)(C)C)cc2[nH]1. The van der Waals surface area contributed by atoms with Crippen molar-refractivity contribution in [3.63, 3.8) is 0 Å². The summed E-state index contributed by atoms with van der Waals surface area (Å²) >= 11 is 0. The number of Topliss-reactive ketones (excluding diaryl/α,β-unsaturated/α-hetero) is 1. The predicted octanol–water partition coefficient (Wildman–Crippen LogP) is 3.62. The molecule has 0 radical (unpaired) electrons. The molecule has 0 aliphatic rings. The molecule has 0 aliphatic heterocycles. The van der Waals surface area contributed by atoms with E-state index in [9.17, 15) is 4.79 Å². The first-order valence-electron chi connectivity index (χ1n) is 7.18. The van der Waals surface area contributed by atoms with E-state index in [1.165, 1.54) is 11.8 Å². The highest BCUT2D eigenvalue weighted by atomic mass is 16.1. The van der Waals surface area contributed by atoms with Crippen LogP contribution in [-0.2, 0) is 5.41 Å². The van der Waals surface area contributed by atoms with E-state index in [2.05, 4.69) is 37.9 Å². The van der Waals surface area contributed by atoms with Gasteiger partial charge < -0.3 is 9.88 Å². The molecule has 0 amide bonds. The molecule has 1 N–H and O–H groups in total. The molecule has 4 heteroatoms. The second-order valence-corrected chi connectivity index (χ2v) is 6.68. The number of aromatic nitrogens is 1. The van der Waals surface area contributed by atoms with Gasteiger partial charge >= 0.3 is 0 Å². The summed E-state index contributed by atoms with van der Waals surface area (Å²) in [5, 5.41) is 10.1. The lowest BCUT2D eigenvalue weighted by Crippen LogP contribution is -2.10. The summed E-state index contributed by atoms with van der Waals surface area (Å²) in [7, 11) is 3.57. The third-order valence-electron chi connectivity index (χ3n) is 3.49. The van der Waals surface area contributed by atoms with E-state index >= 15 is 0 Å². The quantitative estimate of drug-likeness (QED) is 0.534. The fraction of sp³-hybridized carbons (Fsp3) is 0.333. The summed E-state index contributed by atoms with van der Waals surface area (Å²) in [6, 6.07) is 9.90. The molecule has 114 valence electrons. The molecule has 0 aliphatic carbocycles. The lowest BCUT2D eigenvalue weighted by Gasteiger charge is -2.18. The lowest BCUT2D eigenvalue weighted by molar-refractivity contribution is 0.103. The van der Waals surface area contributed by atoms with Gasteiger partial charge in [-0.1, -0.05) is 32.9 Å². The summed E-state index contributed by atoms with van der Waals surface area (Å²) in [4.78, 5) is 17.2. The second kappa shape index (κ2) is 5.69. The smallest absolute Gasteiger partial charge is 0.221 e. The number of nitrogens with one attached hydrogen (secondary N) is 1. The molecule has 0 bridgehead atoms. The number of carbonyl (C=O) groups excluding carboxylic acids is 1. The van der Waals surface area contributed by atoms with Crippen LogP contribution in [0.15, 0.2) is 36.0 Å². The molecule has 0 fully saturated rings. The zero-order chi connectivity index (χ0) is 16.5. The van der Waals surface area contributed by atoms with Gasteiger partial charge in [-0.25, -0.2) is 0 Å². The molecule has 2 rings (SSSR count). The second-order valence-electron chi connectivity index (χ2n) is 6.68. The van der Waals surface area contributed by atoms with E-state index in [-0.39, 0.29) is 16.8 Å². The van der Waals surface area contributed by atoms with E-state index in [1.54, 1.807) is 25.1 Å². The maximum atomic E-state index is 12.4. The van der Waals surface area contributed by atoms with Crippen molar-refractivity contribution in [3.8, 4) is 6.07 Å². The number of ketones is 1. The average Bonchev–Trinajstić information content (AvgIpc) is 2.85. The maximum Gasteiger partial charge on any atom is 0.221 e. The monoisotopic (exact) mass is 295 g/mol. The summed E-state index contributed by atoms with van der Waals surface area (Å²) in [6.45, 7) is 6.45. The van der Waals surface area contributed by atoms with Crippen LogP contribution in [0.3, 0.4) is 0 Å². The number of carbonyl (C=O) groups is 1. The average molecular weight is 295 g/mol. The van der Waals surface area contributed by atoms with Crippen LogP contribution in [0.5, 0.6) is 0 Å². The number of allylic oxidation sites excluding steroid dienone is 1. The minimum absolute atomic E-state index is 0.0477. The largest absolute Gasteiger partial charge is 0.382 e. The Hall–Kier alpha value is -2.54. The van der Waals surface area contributed by atoms with E-state index in [4.69, 9.17) is 5.26 Å². The first-order valence-corrected chi connectivity index (χ1v) is 7.18. The first-order chi connectivity index (χ1) is 10.2. The number of fused-ring (bicyclic) bond motifs is 1. The third-order valence-corrected chi connectivity index (χ3v) is 3.49. The lowest BCUT2D eigenvalue weighted by atomic mass is 9.87. The summed E-state index contributed by atoms with van der Waals surface area (Å²) in [5.41, 5.74) is 2.72. The van der Waals surface area contributed by atoms with Crippen molar-refractivity contribution in [2.24, 2.45) is 0 Å². The Morgan fingerprint density at radius 3 is 2.50 bits per heavy atom. The molecule has 1 aromatic heterocycles. The number of hydrogen-bond donors (Lipinski definition) is 1. The highest BCUT2D eigenvalue weighted by Gasteiger charge is 2.17. The maximum absolute atomic E-state index is 12.4. The normalized spacial score (nSPS) is 12.3. The zero-order valence-electron chi connectivity index (χ0n) is 13.7. The summed E-state index contributed by atoms with van der Waals surface area (Å²) in [6.07, 6.45) is 1.54. The molecule has 0 unspecified atom stereocenters. The van der Waals surface area contributed by atoms with E-state index in [0.717, 1.165) is 10.9 Å². The first kappa shape index (κ1) is 15.8. The summed E-state index contributed by atoms with van der Waals surface area (Å²) in [5.74, 6) is -0.287. The van der Waals surface area contributed by atoms with Crippen LogP contribution in [-0.4, -0.2) is 29.8 Å². The minimum Gasteiger partial charge on any atom is -0.382 e. The molecule has 22 heavy (non-hydrogen) atoms. The van der Waals surface area contributed by atoms with Gasteiger partial charge in [0.05, 0.1) is 5.69 Å². The molecule has 1 aromatic carbocycles. The van der Waals surface area contributed by atoms with Gasteiger partial charge in [-0.3, -0.25) is 4.79 Å². The van der Waals surface area contributed by atoms with Crippen LogP contribution in [0, 0.1) is 11.3 Å². The van der Waals surface area contributed by atoms with Gasteiger partial charge in [-0.2, -0.15) is 5.26 Å². The van der Waals surface area contributed by atoms with Gasteiger partial charge in [-0.05, 0) is 23.1 Å². The van der Waals surface area contributed by atoms with E-state index in [0.29, 0.717) is 5.69 Å². The Morgan fingerprint density at radius 1 is 1.27 bits per heavy atom. The third kappa shape index (κ3) is 3.20. The van der Waals surface area contributed by atoms with Crippen LogP contribution in [0.4, 0.5) is 0 Å². The Morgan fingerprint density at radius 2 is 1.95 bits per heavy atom. The highest BCUT2D eigenvalue weighted by Crippen LogP contribution is 2.26. The van der Waals surface area contributed by atoms with Gasteiger partial charge in [0, 0.05) is 31.2 Å². The van der Waals surface area contributed by atoms with Crippen molar-refractivity contribution in [1.82, 2.24) is 9.88 Å². The Bertz CT molecular complexity index is 783. The number of nitriles is 1. The van der Waals surface area contributed by atoms with Crippen molar-refractivity contribution in [1.29, 1.82) is 5.26 Å². The fourth-order valence-corrected chi connectivity index (χ4v) is 2.26. The number of rotatable bonds is 3. The Labute approximate surface area is 131 Å². The molecule has 1 heterocycles. The van der Waals surface area contributed by atoms with Crippen LogP contribution in [0.1, 0.15) is 36.8 Å². The number of nitrogens with zero attached hydrogens (tertiary/aromatic N) is 2. The van der Waals surface area contributed by atoms with Gasteiger partial charge in [-0.15, -0.1) is 0 Å². The molecule has 0 spiro atoms. The van der Waals surface area contributed by atoms with Crippen LogP contribution in [0.2, 0.25) is 0 Å². The number of aromatic amines is 1. The Kier molecular flexibility index (Phi) is 4.09. The zero-order valence-corrected chi connectivity index (χ0v) is 13.7. The Balaban J connectivity index is 2.46. The van der Waals surface area contributed by atoms with Crippen LogP contribution < -0.4 is 0 Å². The standard InChI is InChI=1S/C18H21N3O/c1-18(2,3)14-7-6-12-8-16(20-15(12)9-14)17(22)13(10-19)11-21(4)5/h6-9,11,20H,1-5H3. The van der Waals surface area contributed by atoms with Gasteiger partial charge in [0.15, 0.2) is 0 Å². The minimum atomic E-state index is -0.287. The molecule has 0 saturated carbocycles. The van der Waals surface area contributed by atoms with Crippen molar-refractivity contribution < 1.29 is 4.79 Å². The molecular formula is C18H21N3O. The van der Waals surface area contributed by atoms with E-state index < -0.39 is 0 Å². The van der Waals surface area contributed by atoms with Gasteiger partial charge in [0.1, 0.15) is 11.6 Å². The topological polar surface area (TPSA) is 59.9 Å². The fourth-order valence-electron chi connectivity index (χ4n) is 2.26. The van der Waals surface area contributed by atoms with Crippen LogP contribution in [0.25, 0.3) is 10.9 Å². The van der Waals surface area contributed by atoms with Crippen molar-refractivity contribution >= 4 is 16.7 Å². The molecule has 0 atom stereocenters. The van der Waals surface area contributed by atoms with E-state index in [1.807, 2.05) is 12.1 Å². The molecular weight excluding hydrogens is 274 g/mol. The van der Waals surface area contributed by atoms with Gasteiger partial charge in [0.2, 0.25) is 5.78 Å². The number of benzene rings is 1. The number of H-pyrrole nitrogens is 1. The molecule has 0 saturated heterocycles. The number of hydrogen-bond acceptors (Lipinski definition) is 3. The highest BCUT2D eigenvalue weighted by molar-refractivity contribution is 6.12. The summed E-state index contributed by atoms with van der Waals surface area (Å²) < 4.78 is 0. The van der Waals surface area contributed by atoms with Crippen molar-refractivity contribution in [2.75, 3.05) is 14.1 Å². The van der Waals surface area contributed by atoms with Crippen LogP contribution >= 0.6 is 0 Å². The molecule has 2 aromatic rings.